The molecule has 31 heavy (non-hydrogen) atoms. The van der Waals surface area contributed by atoms with E-state index in [9.17, 15) is 12.8 Å². The van der Waals surface area contributed by atoms with Crippen molar-refractivity contribution in [2.24, 2.45) is 17.4 Å². The molecule has 3 atom stereocenters. The quantitative estimate of drug-likeness (QED) is 0.413. The summed E-state index contributed by atoms with van der Waals surface area (Å²) in [4.78, 5) is 2.01. The Hall–Kier alpha value is -1.81. The smallest absolute Gasteiger partial charge is 0.275 e. The normalized spacial score (nSPS) is 28.7. The summed E-state index contributed by atoms with van der Waals surface area (Å²) in [6.45, 7) is 1.64. The Balaban J connectivity index is 1.53. The number of rotatable bonds is 8. The van der Waals surface area contributed by atoms with Gasteiger partial charge in [-0.1, -0.05) is 16.9 Å². The van der Waals surface area contributed by atoms with Gasteiger partial charge in [0.1, 0.15) is 5.82 Å². The minimum Gasteiger partial charge on any atom is -0.561 e. The van der Waals surface area contributed by atoms with Gasteiger partial charge in [0.15, 0.2) is 0 Å². The first-order valence-electron chi connectivity index (χ1n) is 10.8. The van der Waals surface area contributed by atoms with Crippen molar-refractivity contribution in [2.75, 3.05) is 19.7 Å². The van der Waals surface area contributed by atoms with Crippen LogP contribution in [0.4, 0.5) is 8.28 Å². The zero-order valence-electron chi connectivity index (χ0n) is 17.6. The second kappa shape index (κ2) is 11.7. The van der Waals surface area contributed by atoms with E-state index in [1.54, 1.807) is 24.3 Å². The first-order valence-corrected chi connectivity index (χ1v) is 11.8. The molecule has 2 fully saturated rings. The molecule has 0 spiro atoms. The monoisotopic (exact) mass is 454 g/mol. The maximum Gasteiger partial charge on any atom is 0.275 e. The second-order valence-corrected chi connectivity index (χ2v) is 8.96. The Bertz CT molecular complexity index is 757. The number of hydrogen-bond donors (Lipinski definition) is 3. The lowest BCUT2D eigenvalue weighted by atomic mass is 9.82. The second-order valence-electron chi connectivity index (χ2n) is 8.28. The van der Waals surface area contributed by atoms with Crippen LogP contribution in [-0.2, 0) is 16.5 Å². The number of allylic oxidation sites excluding steroid dienone is 2. The topological polar surface area (TPSA) is 99.6 Å². The molecule has 1 aliphatic heterocycles. The fourth-order valence-corrected chi connectivity index (χ4v) is 5.10. The van der Waals surface area contributed by atoms with Crippen molar-refractivity contribution in [3.8, 4) is 0 Å². The van der Waals surface area contributed by atoms with Crippen LogP contribution in [0.25, 0.3) is 0 Å². The Morgan fingerprint density at radius 3 is 2.74 bits per heavy atom. The summed E-state index contributed by atoms with van der Waals surface area (Å²) in [5.41, 5.74) is 12.5. The number of nitrogens with one attached hydrogen (secondary N) is 1. The highest BCUT2D eigenvalue weighted by Crippen LogP contribution is 2.34. The number of piperidine rings is 1. The van der Waals surface area contributed by atoms with E-state index in [4.69, 9.17) is 16.2 Å². The van der Waals surface area contributed by atoms with Crippen LogP contribution < -0.4 is 16.2 Å². The largest absolute Gasteiger partial charge is 0.561 e. The summed E-state index contributed by atoms with van der Waals surface area (Å²) in [7, 11) is 0. The Morgan fingerprint density at radius 1 is 1.29 bits per heavy atom. The van der Waals surface area contributed by atoms with Crippen LogP contribution in [0.1, 0.15) is 43.6 Å². The van der Waals surface area contributed by atoms with Gasteiger partial charge >= 0.3 is 0 Å². The molecule has 0 amide bonds. The lowest BCUT2D eigenvalue weighted by molar-refractivity contribution is -0.0138. The fraction of sp³-hybridized carbons (Fsp3) is 0.545. The molecule has 0 bridgehead atoms. The Labute approximate surface area is 186 Å². The third-order valence-electron chi connectivity index (χ3n) is 6.26. The third kappa shape index (κ3) is 7.10. The summed E-state index contributed by atoms with van der Waals surface area (Å²) in [5.74, 6) is 0.687. The van der Waals surface area contributed by atoms with Crippen molar-refractivity contribution in [1.29, 1.82) is 0 Å². The van der Waals surface area contributed by atoms with Crippen LogP contribution >= 0.6 is 0 Å². The van der Waals surface area contributed by atoms with Crippen LogP contribution in [0.5, 0.6) is 0 Å². The minimum absolute atomic E-state index is 0.0526. The highest BCUT2D eigenvalue weighted by Gasteiger charge is 2.34. The molecule has 1 heterocycles. The molecule has 1 saturated heterocycles. The van der Waals surface area contributed by atoms with Crippen molar-refractivity contribution >= 4 is 11.7 Å². The highest BCUT2D eigenvalue weighted by atomic mass is 32.3. The molecule has 1 aromatic carbocycles. The number of nitrogens with zero attached hydrogens (tertiary/aromatic N) is 1. The van der Waals surface area contributed by atoms with Crippen LogP contribution in [0, 0.1) is 11.7 Å². The van der Waals surface area contributed by atoms with E-state index < -0.39 is 11.7 Å². The summed E-state index contributed by atoms with van der Waals surface area (Å²) in [5, 5.41) is 0. The maximum atomic E-state index is 13.5. The predicted octanol–water partition coefficient (Wildman–Crippen LogP) is 2.97. The molecule has 1 saturated carbocycles. The minimum atomic E-state index is -2.58. The van der Waals surface area contributed by atoms with Crippen molar-refractivity contribution in [3.05, 3.63) is 59.8 Å². The zero-order chi connectivity index (χ0) is 22.2. The molecule has 3 rings (SSSR count). The molecule has 0 radical (unpaired) electrons. The summed E-state index contributed by atoms with van der Waals surface area (Å²) < 4.78 is 46.5. The molecule has 1 aromatic rings. The van der Waals surface area contributed by atoms with Gasteiger partial charge in [0.25, 0.3) is 11.7 Å². The van der Waals surface area contributed by atoms with E-state index >= 15 is 0 Å². The summed E-state index contributed by atoms with van der Waals surface area (Å²) in [6.07, 6.45) is 9.22. The van der Waals surface area contributed by atoms with Crippen molar-refractivity contribution < 1.29 is 17.6 Å². The summed E-state index contributed by atoms with van der Waals surface area (Å²) >= 11 is -2.58. The number of ether oxygens (including phenoxy) is 1. The molecular formula is C22H32F2N4O2S. The van der Waals surface area contributed by atoms with Gasteiger partial charge in [0, 0.05) is 22.9 Å². The van der Waals surface area contributed by atoms with E-state index in [2.05, 4.69) is 4.72 Å². The van der Waals surface area contributed by atoms with Crippen LogP contribution in [0.15, 0.2) is 48.4 Å². The SMILES string of the molecule is N/C=C\C=C(/N)N1CCC(N[S+]([O-])F)C(COC2CCC(c3cccc(F)c3)CC2)C1. The van der Waals surface area contributed by atoms with Gasteiger partial charge in [-0.05, 0) is 74.1 Å². The molecule has 0 aromatic heterocycles. The predicted molar refractivity (Wildman–Crippen MR) is 119 cm³/mol. The average molecular weight is 455 g/mol. The van der Waals surface area contributed by atoms with Crippen LogP contribution in [0.3, 0.4) is 0 Å². The molecule has 2 aliphatic rings. The van der Waals surface area contributed by atoms with Crippen molar-refractivity contribution in [1.82, 2.24) is 9.62 Å². The number of halogens is 2. The van der Waals surface area contributed by atoms with E-state index in [0.29, 0.717) is 37.9 Å². The van der Waals surface area contributed by atoms with Gasteiger partial charge in [-0.25, -0.2) is 4.39 Å². The average Bonchev–Trinajstić information content (AvgIpc) is 2.76. The molecule has 5 N–H and O–H groups in total. The van der Waals surface area contributed by atoms with E-state index in [1.165, 1.54) is 12.3 Å². The van der Waals surface area contributed by atoms with Crippen molar-refractivity contribution in [3.63, 3.8) is 0 Å². The molecule has 172 valence electrons. The Morgan fingerprint density at radius 2 is 2.06 bits per heavy atom. The zero-order valence-corrected chi connectivity index (χ0v) is 18.4. The fourth-order valence-electron chi connectivity index (χ4n) is 4.55. The number of nitrogens with two attached hydrogens (primary N) is 2. The van der Waals surface area contributed by atoms with E-state index in [1.807, 2.05) is 11.0 Å². The van der Waals surface area contributed by atoms with Gasteiger partial charge in [-0.3, -0.25) is 0 Å². The number of hydrogen-bond acceptors (Lipinski definition) is 6. The van der Waals surface area contributed by atoms with E-state index in [0.717, 1.165) is 31.2 Å². The number of likely N-dealkylation sites (tertiary alicyclic amines) is 1. The molecular weight excluding hydrogens is 422 g/mol. The van der Waals surface area contributed by atoms with Crippen LogP contribution in [-0.4, -0.2) is 41.3 Å². The lowest BCUT2D eigenvalue weighted by Crippen LogP contribution is -2.52. The van der Waals surface area contributed by atoms with Gasteiger partial charge in [-0.15, -0.1) is 0 Å². The van der Waals surface area contributed by atoms with E-state index in [-0.39, 0.29) is 23.9 Å². The first kappa shape index (κ1) is 23.8. The van der Waals surface area contributed by atoms with Gasteiger partial charge in [-0.2, -0.15) is 0 Å². The summed E-state index contributed by atoms with van der Waals surface area (Å²) in [6, 6.07) is 6.58. The van der Waals surface area contributed by atoms with Gasteiger partial charge in [0.05, 0.1) is 24.6 Å². The van der Waals surface area contributed by atoms with Gasteiger partial charge in [0.2, 0.25) is 0 Å². The standard InChI is InChI=1S/C22H32F2N4O2S/c23-19-4-1-3-17(13-19)16-6-8-20(9-7-16)30-15-18-14-28(22(26)5-2-11-25)12-10-21(18)27-31(24)29/h1-5,11,13,16,18,20-21,27H,6-10,12,14-15,25-26H2/b11-2-,22-5+. The molecule has 6 nitrogen and oxygen atoms in total. The Kier molecular flexibility index (Phi) is 9.01. The first-order chi connectivity index (χ1) is 15.0. The maximum absolute atomic E-state index is 13.5. The van der Waals surface area contributed by atoms with Gasteiger partial charge < -0.3 is 25.7 Å². The number of benzene rings is 1. The van der Waals surface area contributed by atoms with Crippen LogP contribution in [0.2, 0.25) is 0 Å². The lowest BCUT2D eigenvalue weighted by Gasteiger charge is -2.39. The third-order valence-corrected chi connectivity index (χ3v) is 6.75. The molecule has 9 heteroatoms. The molecule has 1 aliphatic carbocycles. The molecule has 3 unspecified atom stereocenters. The highest BCUT2D eigenvalue weighted by molar-refractivity contribution is 7.84. The van der Waals surface area contributed by atoms with Crippen molar-refractivity contribution in [2.45, 2.75) is 50.2 Å².